The first-order chi connectivity index (χ1) is 9.15. The molecule has 0 aliphatic heterocycles. The lowest BCUT2D eigenvalue weighted by atomic mass is 10.3. The van der Waals surface area contributed by atoms with E-state index >= 15 is 0 Å². The Labute approximate surface area is 120 Å². The Kier molecular flexibility index (Phi) is 7.70. The van der Waals surface area contributed by atoms with Gasteiger partial charge < -0.3 is 15.0 Å². The van der Waals surface area contributed by atoms with Crippen LogP contribution in [0, 0.1) is 0 Å². The van der Waals surface area contributed by atoms with Crippen molar-refractivity contribution in [3.05, 3.63) is 17.0 Å². The van der Waals surface area contributed by atoms with E-state index in [-0.39, 0.29) is 0 Å². The smallest absolute Gasteiger partial charge is 0.134 e. The largest absolute Gasteiger partial charge is 0.383 e. The van der Waals surface area contributed by atoms with Gasteiger partial charge in [-0.3, -0.25) is 0 Å². The van der Waals surface area contributed by atoms with Crippen LogP contribution < -0.4 is 5.32 Å². The maximum Gasteiger partial charge on any atom is 0.134 e. The number of anilines is 1. The summed E-state index contributed by atoms with van der Waals surface area (Å²) < 4.78 is 5.04. The Morgan fingerprint density at radius 3 is 2.84 bits per heavy atom. The van der Waals surface area contributed by atoms with Gasteiger partial charge in [0.25, 0.3) is 0 Å². The van der Waals surface area contributed by atoms with Crippen LogP contribution in [0.3, 0.4) is 0 Å². The van der Waals surface area contributed by atoms with Crippen molar-refractivity contribution in [1.29, 1.82) is 0 Å². The highest BCUT2D eigenvalue weighted by Gasteiger charge is 2.03. The van der Waals surface area contributed by atoms with Crippen LogP contribution in [0.5, 0.6) is 0 Å². The lowest BCUT2D eigenvalue weighted by Crippen LogP contribution is -2.28. The van der Waals surface area contributed by atoms with Gasteiger partial charge in [0.1, 0.15) is 16.8 Å². The SMILES string of the molecule is CCCc1nc(Cl)cc(NCCN(C)CCOC)n1. The molecule has 108 valence electrons. The summed E-state index contributed by atoms with van der Waals surface area (Å²) in [5, 5.41) is 3.77. The average molecular weight is 287 g/mol. The van der Waals surface area contributed by atoms with E-state index in [9.17, 15) is 0 Å². The summed E-state index contributed by atoms with van der Waals surface area (Å²) in [4.78, 5) is 10.8. The van der Waals surface area contributed by atoms with Gasteiger partial charge in [0, 0.05) is 39.2 Å². The lowest BCUT2D eigenvalue weighted by Gasteiger charge is -2.16. The fourth-order valence-corrected chi connectivity index (χ4v) is 1.83. The monoisotopic (exact) mass is 286 g/mol. The second kappa shape index (κ2) is 9.07. The summed E-state index contributed by atoms with van der Waals surface area (Å²) in [7, 11) is 3.78. The van der Waals surface area contributed by atoms with Gasteiger partial charge in [-0.25, -0.2) is 9.97 Å². The van der Waals surface area contributed by atoms with Crippen molar-refractivity contribution in [2.45, 2.75) is 19.8 Å². The van der Waals surface area contributed by atoms with Gasteiger partial charge >= 0.3 is 0 Å². The third kappa shape index (κ3) is 6.71. The molecule has 0 spiro atoms. The van der Waals surface area contributed by atoms with E-state index in [4.69, 9.17) is 16.3 Å². The van der Waals surface area contributed by atoms with E-state index in [2.05, 4.69) is 34.2 Å². The van der Waals surface area contributed by atoms with Crippen molar-refractivity contribution in [3.8, 4) is 0 Å². The molecular weight excluding hydrogens is 264 g/mol. The van der Waals surface area contributed by atoms with Crippen LogP contribution in [0.2, 0.25) is 5.15 Å². The van der Waals surface area contributed by atoms with Gasteiger partial charge in [-0.05, 0) is 13.5 Å². The number of methoxy groups -OCH3 is 1. The number of likely N-dealkylation sites (N-methyl/N-ethyl adjacent to an activating group) is 1. The molecule has 0 saturated heterocycles. The lowest BCUT2D eigenvalue weighted by molar-refractivity contribution is 0.163. The van der Waals surface area contributed by atoms with Gasteiger partial charge in [-0.2, -0.15) is 0 Å². The molecule has 5 nitrogen and oxygen atoms in total. The van der Waals surface area contributed by atoms with Crippen LogP contribution in [0.25, 0.3) is 0 Å². The van der Waals surface area contributed by atoms with Crippen LogP contribution in [-0.4, -0.2) is 55.3 Å². The molecule has 1 aromatic rings. The second-order valence-corrected chi connectivity index (χ2v) is 4.85. The third-order valence-electron chi connectivity index (χ3n) is 2.69. The summed E-state index contributed by atoms with van der Waals surface area (Å²) in [5.41, 5.74) is 0. The number of hydrogen-bond acceptors (Lipinski definition) is 5. The summed E-state index contributed by atoms with van der Waals surface area (Å²) in [5.74, 6) is 1.59. The summed E-state index contributed by atoms with van der Waals surface area (Å²) in [6, 6.07) is 1.76. The summed E-state index contributed by atoms with van der Waals surface area (Å²) >= 11 is 5.98. The molecule has 0 fully saturated rings. The number of nitrogens with zero attached hydrogens (tertiary/aromatic N) is 3. The number of aryl methyl sites for hydroxylation is 1. The summed E-state index contributed by atoms with van der Waals surface area (Å²) in [6.07, 6.45) is 1.86. The molecule has 0 bridgehead atoms. The Balaban J connectivity index is 2.40. The van der Waals surface area contributed by atoms with E-state index in [1.807, 2.05) is 0 Å². The van der Waals surface area contributed by atoms with Crippen LogP contribution in [0.15, 0.2) is 6.07 Å². The number of hydrogen-bond donors (Lipinski definition) is 1. The van der Waals surface area contributed by atoms with Crippen molar-refractivity contribution in [1.82, 2.24) is 14.9 Å². The molecule has 1 heterocycles. The molecule has 1 rings (SSSR count). The van der Waals surface area contributed by atoms with E-state index in [0.29, 0.717) is 5.15 Å². The standard InChI is InChI=1S/C13H23ClN4O/c1-4-5-12-16-11(14)10-13(17-12)15-6-7-18(2)8-9-19-3/h10H,4-9H2,1-3H3,(H,15,16,17). The zero-order valence-corrected chi connectivity index (χ0v) is 12.7. The molecule has 0 aliphatic rings. The van der Waals surface area contributed by atoms with E-state index in [1.165, 1.54) is 0 Å². The normalized spacial score (nSPS) is 11.0. The quantitative estimate of drug-likeness (QED) is 0.704. The second-order valence-electron chi connectivity index (χ2n) is 4.46. The Morgan fingerprint density at radius 2 is 2.16 bits per heavy atom. The van der Waals surface area contributed by atoms with Crippen LogP contribution >= 0.6 is 11.6 Å². The van der Waals surface area contributed by atoms with Gasteiger partial charge in [0.2, 0.25) is 0 Å². The van der Waals surface area contributed by atoms with Gasteiger partial charge in [-0.1, -0.05) is 18.5 Å². The zero-order chi connectivity index (χ0) is 14.1. The Bertz CT molecular complexity index is 376. The molecule has 0 amide bonds. The number of ether oxygens (including phenoxy) is 1. The van der Waals surface area contributed by atoms with Crippen molar-refractivity contribution >= 4 is 17.4 Å². The third-order valence-corrected chi connectivity index (χ3v) is 2.89. The fourth-order valence-electron chi connectivity index (χ4n) is 1.62. The van der Waals surface area contributed by atoms with Crippen LogP contribution in [0.4, 0.5) is 5.82 Å². The van der Waals surface area contributed by atoms with E-state index in [1.54, 1.807) is 13.2 Å². The molecule has 1 aromatic heterocycles. The molecule has 19 heavy (non-hydrogen) atoms. The topological polar surface area (TPSA) is 50.3 Å². The van der Waals surface area contributed by atoms with Crippen molar-refractivity contribution in [2.75, 3.05) is 45.7 Å². The fraction of sp³-hybridized carbons (Fsp3) is 0.692. The summed E-state index contributed by atoms with van der Waals surface area (Å²) in [6.45, 7) is 5.51. The number of halogens is 1. The van der Waals surface area contributed by atoms with Gasteiger partial charge in [0.05, 0.1) is 6.61 Å². The molecule has 6 heteroatoms. The first-order valence-electron chi connectivity index (χ1n) is 6.60. The van der Waals surface area contributed by atoms with Gasteiger partial charge in [0.15, 0.2) is 0 Å². The van der Waals surface area contributed by atoms with E-state index < -0.39 is 0 Å². The highest BCUT2D eigenvalue weighted by Crippen LogP contribution is 2.12. The first-order valence-corrected chi connectivity index (χ1v) is 6.98. The molecule has 0 unspecified atom stereocenters. The maximum absolute atomic E-state index is 5.98. The minimum Gasteiger partial charge on any atom is -0.383 e. The predicted octanol–water partition coefficient (Wildman–Crippen LogP) is 2.07. The minimum atomic E-state index is 0.494. The van der Waals surface area contributed by atoms with Crippen molar-refractivity contribution in [3.63, 3.8) is 0 Å². The average Bonchev–Trinajstić information content (AvgIpc) is 2.36. The maximum atomic E-state index is 5.98. The molecular formula is C13H23ClN4O. The number of nitrogens with one attached hydrogen (secondary N) is 1. The Morgan fingerprint density at radius 1 is 1.37 bits per heavy atom. The zero-order valence-electron chi connectivity index (χ0n) is 11.9. The van der Waals surface area contributed by atoms with Crippen LogP contribution in [0.1, 0.15) is 19.2 Å². The molecule has 0 aromatic carbocycles. The van der Waals surface area contributed by atoms with Crippen molar-refractivity contribution in [2.24, 2.45) is 0 Å². The number of aromatic nitrogens is 2. The van der Waals surface area contributed by atoms with Crippen LogP contribution in [-0.2, 0) is 11.2 Å². The Hall–Kier alpha value is -0.910. The molecule has 1 N–H and O–H groups in total. The highest BCUT2D eigenvalue weighted by molar-refractivity contribution is 6.29. The van der Waals surface area contributed by atoms with Crippen molar-refractivity contribution < 1.29 is 4.74 Å². The first kappa shape index (κ1) is 16.1. The van der Waals surface area contributed by atoms with E-state index in [0.717, 1.165) is 50.7 Å². The minimum absolute atomic E-state index is 0.494. The number of rotatable bonds is 9. The predicted molar refractivity (Wildman–Crippen MR) is 78.9 cm³/mol. The molecule has 0 radical (unpaired) electrons. The molecule has 0 aliphatic carbocycles. The highest BCUT2D eigenvalue weighted by atomic mass is 35.5. The van der Waals surface area contributed by atoms with Gasteiger partial charge in [-0.15, -0.1) is 0 Å². The molecule has 0 atom stereocenters. The molecule has 0 saturated carbocycles.